The highest BCUT2D eigenvalue weighted by Crippen LogP contribution is 2.17. The number of hydrogen-bond acceptors (Lipinski definition) is 4. The van der Waals surface area contributed by atoms with Crippen molar-refractivity contribution < 1.29 is 4.74 Å². The van der Waals surface area contributed by atoms with Crippen LogP contribution in [0.2, 0.25) is 0 Å². The van der Waals surface area contributed by atoms with E-state index in [1.54, 1.807) is 18.9 Å². The van der Waals surface area contributed by atoms with E-state index in [4.69, 9.17) is 10.00 Å². The number of nitrogens with one attached hydrogen (secondary N) is 1. The molecule has 1 N–H and O–H groups in total. The van der Waals surface area contributed by atoms with E-state index in [-0.39, 0.29) is 0 Å². The van der Waals surface area contributed by atoms with Crippen LogP contribution in [0.5, 0.6) is 0 Å². The van der Waals surface area contributed by atoms with Gasteiger partial charge < -0.3 is 10.1 Å². The van der Waals surface area contributed by atoms with E-state index in [2.05, 4.69) is 35.7 Å². The molecule has 1 aromatic rings. The number of nitrogens with zero attached hydrogens (tertiary/aromatic N) is 1. The summed E-state index contributed by atoms with van der Waals surface area (Å²) in [6.45, 7) is 2.45. The van der Waals surface area contributed by atoms with Crippen LogP contribution in [0.25, 0.3) is 0 Å². The summed E-state index contributed by atoms with van der Waals surface area (Å²) in [5, 5.41) is 11.7. The summed E-state index contributed by atoms with van der Waals surface area (Å²) in [6, 6.07) is 10.4. The number of rotatable bonds is 7. The van der Waals surface area contributed by atoms with Crippen LogP contribution in [0.4, 0.5) is 0 Å². The molecule has 16 heavy (non-hydrogen) atoms. The number of thioether (sulfide) groups is 1. The molecule has 0 amide bonds. The summed E-state index contributed by atoms with van der Waals surface area (Å²) in [4.78, 5) is 1.14. The number of nitriles is 1. The van der Waals surface area contributed by atoms with Gasteiger partial charge in [0.15, 0.2) is 0 Å². The van der Waals surface area contributed by atoms with Gasteiger partial charge in [0, 0.05) is 25.1 Å². The average molecular weight is 236 g/mol. The first-order valence-corrected chi connectivity index (χ1v) is 6.13. The Kier molecular flexibility index (Phi) is 6.66. The number of hydrogen-bond donors (Lipinski definition) is 1. The SMILES string of the molecule is COCCNCc1ccc(SCC#N)cc1. The second-order valence-corrected chi connectivity index (χ2v) is 4.31. The van der Waals surface area contributed by atoms with Crippen LogP contribution < -0.4 is 5.32 Å². The van der Waals surface area contributed by atoms with E-state index >= 15 is 0 Å². The Morgan fingerprint density at radius 3 is 2.75 bits per heavy atom. The molecule has 86 valence electrons. The molecule has 0 aliphatic carbocycles. The summed E-state index contributed by atoms with van der Waals surface area (Å²) in [6.07, 6.45) is 0. The Hall–Kier alpha value is -1.02. The molecule has 0 fully saturated rings. The van der Waals surface area contributed by atoms with Crippen LogP contribution >= 0.6 is 11.8 Å². The molecule has 4 heteroatoms. The molecular formula is C12H16N2OS. The van der Waals surface area contributed by atoms with Gasteiger partial charge in [-0.3, -0.25) is 0 Å². The van der Waals surface area contributed by atoms with Crippen LogP contribution in [0.1, 0.15) is 5.56 Å². The number of benzene rings is 1. The van der Waals surface area contributed by atoms with E-state index in [1.807, 2.05) is 0 Å². The Labute approximate surface area is 101 Å². The van der Waals surface area contributed by atoms with Gasteiger partial charge >= 0.3 is 0 Å². The minimum Gasteiger partial charge on any atom is -0.383 e. The zero-order valence-corrected chi connectivity index (χ0v) is 10.2. The molecule has 1 rings (SSSR count). The van der Waals surface area contributed by atoms with Crippen LogP contribution in [0.3, 0.4) is 0 Å². The Morgan fingerprint density at radius 2 is 2.12 bits per heavy atom. The second-order valence-electron chi connectivity index (χ2n) is 3.26. The third-order valence-electron chi connectivity index (χ3n) is 2.04. The molecule has 0 heterocycles. The first-order chi connectivity index (χ1) is 7.86. The van der Waals surface area contributed by atoms with Crippen LogP contribution in [0, 0.1) is 11.3 Å². The smallest absolute Gasteiger partial charge is 0.0855 e. The van der Waals surface area contributed by atoms with Gasteiger partial charge in [-0.15, -0.1) is 11.8 Å². The normalized spacial score (nSPS) is 10.0. The van der Waals surface area contributed by atoms with Crippen molar-refractivity contribution in [3.8, 4) is 6.07 Å². The predicted octanol–water partition coefficient (Wildman–Crippen LogP) is 2.04. The maximum Gasteiger partial charge on any atom is 0.0855 e. The van der Waals surface area contributed by atoms with Gasteiger partial charge in [-0.1, -0.05) is 12.1 Å². The summed E-state index contributed by atoms with van der Waals surface area (Å²) in [7, 11) is 1.70. The molecule has 0 aliphatic heterocycles. The molecule has 1 aromatic carbocycles. The lowest BCUT2D eigenvalue weighted by Crippen LogP contribution is -2.18. The van der Waals surface area contributed by atoms with Crippen molar-refractivity contribution in [2.24, 2.45) is 0 Å². The summed E-state index contributed by atoms with van der Waals surface area (Å²) < 4.78 is 4.95. The quantitative estimate of drug-likeness (QED) is 0.581. The first-order valence-electron chi connectivity index (χ1n) is 5.15. The van der Waals surface area contributed by atoms with Crippen molar-refractivity contribution in [3.05, 3.63) is 29.8 Å². The van der Waals surface area contributed by atoms with Crippen molar-refractivity contribution in [1.82, 2.24) is 5.32 Å². The maximum atomic E-state index is 8.46. The Bertz CT molecular complexity index is 332. The highest BCUT2D eigenvalue weighted by molar-refractivity contribution is 7.99. The van der Waals surface area contributed by atoms with Crippen molar-refractivity contribution in [1.29, 1.82) is 5.26 Å². The van der Waals surface area contributed by atoms with Crippen LogP contribution in [-0.4, -0.2) is 26.0 Å². The molecule has 0 aromatic heterocycles. The molecule has 0 saturated carbocycles. The Balaban J connectivity index is 2.31. The number of methoxy groups -OCH3 is 1. The average Bonchev–Trinajstić information content (AvgIpc) is 2.33. The minimum atomic E-state index is 0.505. The summed E-state index contributed by atoms with van der Waals surface area (Å²) in [5.74, 6) is 0.505. The highest BCUT2D eigenvalue weighted by atomic mass is 32.2. The highest BCUT2D eigenvalue weighted by Gasteiger charge is 1.95. The fourth-order valence-corrected chi connectivity index (χ4v) is 1.79. The molecule has 0 radical (unpaired) electrons. The van der Waals surface area contributed by atoms with Gasteiger partial charge in [-0.25, -0.2) is 0 Å². The molecule has 0 saturated heterocycles. The zero-order valence-electron chi connectivity index (χ0n) is 9.40. The third-order valence-corrected chi connectivity index (χ3v) is 2.92. The van der Waals surface area contributed by atoms with Gasteiger partial charge in [0.1, 0.15) is 0 Å². The minimum absolute atomic E-state index is 0.505. The monoisotopic (exact) mass is 236 g/mol. The van der Waals surface area contributed by atoms with Crippen molar-refractivity contribution in [3.63, 3.8) is 0 Å². The van der Waals surface area contributed by atoms with Crippen molar-refractivity contribution in [2.45, 2.75) is 11.4 Å². The largest absolute Gasteiger partial charge is 0.383 e. The predicted molar refractivity (Wildman–Crippen MR) is 66.4 cm³/mol. The van der Waals surface area contributed by atoms with Gasteiger partial charge in [0.25, 0.3) is 0 Å². The van der Waals surface area contributed by atoms with Crippen molar-refractivity contribution in [2.75, 3.05) is 26.0 Å². The molecule has 0 bridgehead atoms. The maximum absolute atomic E-state index is 8.46. The lowest BCUT2D eigenvalue weighted by molar-refractivity contribution is 0.199. The zero-order chi connectivity index (χ0) is 11.6. The van der Waals surface area contributed by atoms with E-state index < -0.39 is 0 Å². The Morgan fingerprint density at radius 1 is 1.38 bits per heavy atom. The third kappa shape index (κ3) is 5.17. The van der Waals surface area contributed by atoms with E-state index in [0.717, 1.165) is 24.6 Å². The fourth-order valence-electron chi connectivity index (χ4n) is 1.23. The standard InChI is InChI=1S/C12H16N2OS/c1-15-8-7-14-10-11-2-4-12(5-3-11)16-9-6-13/h2-5,14H,7-10H2,1H3. The molecule has 0 aliphatic rings. The van der Waals surface area contributed by atoms with Crippen LogP contribution in [-0.2, 0) is 11.3 Å². The van der Waals surface area contributed by atoms with Gasteiger partial charge in [0.2, 0.25) is 0 Å². The van der Waals surface area contributed by atoms with Gasteiger partial charge in [-0.05, 0) is 17.7 Å². The summed E-state index contributed by atoms with van der Waals surface area (Å²) in [5.41, 5.74) is 1.25. The molecule has 0 spiro atoms. The lowest BCUT2D eigenvalue weighted by atomic mass is 10.2. The number of ether oxygens (including phenoxy) is 1. The van der Waals surface area contributed by atoms with Crippen molar-refractivity contribution >= 4 is 11.8 Å². The molecule has 3 nitrogen and oxygen atoms in total. The molecule has 0 unspecified atom stereocenters. The van der Waals surface area contributed by atoms with E-state index in [9.17, 15) is 0 Å². The summed E-state index contributed by atoms with van der Waals surface area (Å²) >= 11 is 1.56. The van der Waals surface area contributed by atoms with Gasteiger partial charge in [-0.2, -0.15) is 5.26 Å². The fraction of sp³-hybridized carbons (Fsp3) is 0.417. The van der Waals surface area contributed by atoms with E-state index in [0.29, 0.717) is 5.75 Å². The molecule has 0 atom stereocenters. The first kappa shape index (κ1) is 13.0. The lowest BCUT2D eigenvalue weighted by Gasteiger charge is -2.05. The second kappa shape index (κ2) is 8.17. The topological polar surface area (TPSA) is 45.0 Å². The van der Waals surface area contributed by atoms with Gasteiger partial charge in [0.05, 0.1) is 18.4 Å². The molecular weight excluding hydrogens is 220 g/mol. The van der Waals surface area contributed by atoms with Crippen LogP contribution in [0.15, 0.2) is 29.2 Å². The van der Waals surface area contributed by atoms with E-state index in [1.165, 1.54) is 5.56 Å².